The second kappa shape index (κ2) is 12.1. The molecule has 142 valence electrons. The molecule has 2 nitrogen and oxygen atoms in total. The first kappa shape index (κ1) is 21.0. The molecule has 3 heteroatoms. The van der Waals surface area contributed by atoms with E-state index in [1.54, 1.807) is 0 Å². The topological polar surface area (TPSA) is 25.8 Å². The van der Waals surface area contributed by atoms with Gasteiger partial charge < -0.3 is 0 Å². The van der Waals surface area contributed by atoms with Crippen LogP contribution in [-0.2, 0) is 12.8 Å². The molecule has 0 aliphatic heterocycles. The molecule has 1 aromatic carbocycles. The van der Waals surface area contributed by atoms with E-state index in [2.05, 4.69) is 54.6 Å². The van der Waals surface area contributed by atoms with Gasteiger partial charge in [0, 0.05) is 22.9 Å². The summed E-state index contributed by atoms with van der Waals surface area (Å²) >= 11 is 4.68. The van der Waals surface area contributed by atoms with E-state index in [1.807, 2.05) is 12.4 Å². The lowest BCUT2D eigenvalue weighted by molar-refractivity contribution is 0.589. The highest BCUT2D eigenvalue weighted by molar-refractivity contribution is 7.80. The number of aromatic nitrogens is 2. The van der Waals surface area contributed by atoms with E-state index in [9.17, 15) is 0 Å². The standard InChI is InChI=1S/C23H34N2S/c1-3-5-7-8-9-10-11-13-19-14-15-21(22(26)16-19)23-24-17-20(18-25-23)12-6-4-2/h14-18,26H,3-13H2,1-2H3. The van der Waals surface area contributed by atoms with E-state index in [4.69, 9.17) is 0 Å². The fourth-order valence-corrected chi connectivity index (χ4v) is 3.55. The van der Waals surface area contributed by atoms with Crippen molar-refractivity contribution in [2.45, 2.75) is 89.4 Å². The van der Waals surface area contributed by atoms with Gasteiger partial charge in [0.05, 0.1) is 0 Å². The Morgan fingerprint density at radius 3 is 2.00 bits per heavy atom. The predicted molar refractivity (Wildman–Crippen MR) is 115 cm³/mol. The van der Waals surface area contributed by atoms with E-state index in [0.29, 0.717) is 0 Å². The van der Waals surface area contributed by atoms with Crippen LogP contribution in [0.25, 0.3) is 11.4 Å². The third kappa shape index (κ3) is 7.11. The van der Waals surface area contributed by atoms with Crippen LogP contribution >= 0.6 is 12.6 Å². The van der Waals surface area contributed by atoms with Gasteiger partial charge in [0.25, 0.3) is 0 Å². The molecule has 0 unspecified atom stereocenters. The van der Waals surface area contributed by atoms with Gasteiger partial charge in [0.2, 0.25) is 0 Å². The minimum Gasteiger partial charge on any atom is -0.236 e. The molecule has 0 N–H and O–H groups in total. The first-order chi connectivity index (χ1) is 12.7. The maximum Gasteiger partial charge on any atom is 0.160 e. The largest absolute Gasteiger partial charge is 0.236 e. The zero-order valence-electron chi connectivity index (χ0n) is 16.5. The molecule has 0 aliphatic carbocycles. The van der Waals surface area contributed by atoms with Gasteiger partial charge in [-0.05, 0) is 48.9 Å². The molecular formula is C23H34N2S. The van der Waals surface area contributed by atoms with Crippen molar-refractivity contribution in [1.82, 2.24) is 9.97 Å². The van der Waals surface area contributed by atoms with E-state index >= 15 is 0 Å². The molecule has 0 radical (unpaired) electrons. The van der Waals surface area contributed by atoms with Crippen LogP contribution in [0.3, 0.4) is 0 Å². The van der Waals surface area contributed by atoms with Gasteiger partial charge in [-0.1, -0.05) is 64.9 Å². The number of hydrogen-bond donors (Lipinski definition) is 1. The highest BCUT2D eigenvalue weighted by Gasteiger charge is 2.07. The Kier molecular flexibility index (Phi) is 9.76. The van der Waals surface area contributed by atoms with Crippen molar-refractivity contribution in [1.29, 1.82) is 0 Å². The highest BCUT2D eigenvalue weighted by Crippen LogP contribution is 2.25. The van der Waals surface area contributed by atoms with Crippen LogP contribution in [0.5, 0.6) is 0 Å². The number of rotatable bonds is 12. The van der Waals surface area contributed by atoms with Gasteiger partial charge in [-0.25, -0.2) is 9.97 Å². The van der Waals surface area contributed by atoms with Gasteiger partial charge in [-0.15, -0.1) is 12.6 Å². The van der Waals surface area contributed by atoms with Crippen LogP contribution in [0.1, 0.15) is 82.8 Å². The fourth-order valence-electron chi connectivity index (χ4n) is 3.21. The average Bonchev–Trinajstić information content (AvgIpc) is 2.66. The Morgan fingerprint density at radius 2 is 1.35 bits per heavy atom. The number of thiol groups is 1. The SMILES string of the molecule is CCCCCCCCCc1ccc(-c2ncc(CCCC)cn2)c(S)c1. The van der Waals surface area contributed by atoms with Gasteiger partial charge in [-0.2, -0.15) is 0 Å². The molecule has 0 fully saturated rings. The van der Waals surface area contributed by atoms with Gasteiger partial charge in [-0.3, -0.25) is 0 Å². The smallest absolute Gasteiger partial charge is 0.160 e. The summed E-state index contributed by atoms with van der Waals surface area (Å²) in [5, 5.41) is 0. The second-order valence-corrected chi connectivity index (χ2v) is 7.72. The Bertz CT molecular complexity index is 637. The zero-order valence-corrected chi connectivity index (χ0v) is 17.4. The predicted octanol–water partition coefficient (Wildman–Crippen LogP) is 7.07. The Labute approximate surface area is 165 Å². The van der Waals surface area contributed by atoms with Crippen LogP contribution in [0, 0.1) is 0 Å². The molecule has 1 heterocycles. The highest BCUT2D eigenvalue weighted by atomic mass is 32.1. The number of benzene rings is 1. The quantitative estimate of drug-likeness (QED) is 0.319. The summed E-state index contributed by atoms with van der Waals surface area (Å²) in [5.74, 6) is 0.776. The Balaban J connectivity index is 1.84. The summed E-state index contributed by atoms with van der Waals surface area (Å²) < 4.78 is 0. The zero-order chi connectivity index (χ0) is 18.6. The molecule has 26 heavy (non-hydrogen) atoms. The summed E-state index contributed by atoms with van der Waals surface area (Å²) in [6.07, 6.45) is 17.9. The summed E-state index contributed by atoms with van der Waals surface area (Å²) in [7, 11) is 0. The van der Waals surface area contributed by atoms with Crippen molar-refractivity contribution in [2.24, 2.45) is 0 Å². The number of hydrogen-bond acceptors (Lipinski definition) is 3. The lowest BCUT2D eigenvalue weighted by Crippen LogP contribution is -1.95. The summed E-state index contributed by atoms with van der Waals surface area (Å²) in [5.41, 5.74) is 3.61. The molecular weight excluding hydrogens is 336 g/mol. The van der Waals surface area contributed by atoms with Gasteiger partial charge in [0.15, 0.2) is 5.82 Å². The maximum absolute atomic E-state index is 4.68. The van der Waals surface area contributed by atoms with Crippen LogP contribution in [0.4, 0.5) is 0 Å². The van der Waals surface area contributed by atoms with Gasteiger partial charge >= 0.3 is 0 Å². The molecule has 0 atom stereocenters. The second-order valence-electron chi connectivity index (χ2n) is 7.24. The normalized spacial score (nSPS) is 11.0. The molecule has 1 aromatic heterocycles. The van der Waals surface area contributed by atoms with E-state index in [-0.39, 0.29) is 0 Å². The molecule has 0 spiro atoms. The number of aryl methyl sites for hydroxylation is 2. The lowest BCUT2D eigenvalue weighted by atomic mass is 10.0. The van der Waals surface area contributed by atoms with Crippen molar-refractivity contribution in [3.63, 3.8) is 0 Å². The maximum atomic E-state index is 4.68. The Hall–Kier alpha value is -1.35. The van der Waals surface area contributed by atoms with Gasteiger partial charge in [0.1, 0.15) is 0 Å². The Morgan fingerprint density at radius 1 is 0.731 bits per heavy atom. The van der Waals surface area contributed by atoms with Crippen molar-refractivity contribution < 1.29 is 0 Å². The fraction of sp³-hybridized carbons (Fsp3) is 0.565. The molecule has 0 bridgehead atoms. The third-order valence-electron chi connectivity index (χ3n) is 4.90. The van der Waals surface area contributed by atoms with E-state index < -0.39 is 0 Å². The minimum absolute atomic E-state index is 0.776. The van der Waals surface area contributed by atoms with Crippen LogP contribution in [0.15, 0.2) is 35.5 Å². The third-order valence-corrected chi connectivity index (χ3v) is 5.27. The monoisotopic (exact) mass is 370 g/mol. The molecule has 0 saturated heterocycles. The van der Waals surface area contributed by atoms with Crippen molar-refractivity contribution >= 4 is 12.6 Å². The summed E-state index contributed by atoms with van der Waals surface area (Å²) in [4.78, 5) is 10.1. The summed E-state index contributed by atoms with van der Waals surface area (Å²) in [6, 6.07) is 6.52. The number of nitrogens with zero attached hydrogens (tertiary/aromatic N) is 2. The average molecular weight is 371 g/mol. The first-order valence-corrected chi connectivity index (χ1v) is 10.8. The minimum atomic E-state index is 0.776. The van der Waals surface area contributed by atoms with Crippen molar-refractivity contribution in [2.75, 3.05) is 0 Å². The lowest BCUT2D eigenvalue weighted by Gasteiger charge is -2.08. The van der Waals surface area contributed by atoms with Crippen molar-refractivity contribution in [3.8, 4) is 11.4 Å². The van der Waals surface area contributed by atoms with E-state index in [0.717, 1.165) is 29.1 Å². The van der Waals surface area contributed by atoms with E-state index in [1.165, 1.54) is 68.9 Å². The van der Waals surface area contributed by atoms with Crippen LogP contribution < -0.4 is 0 Å². The summed E-state index contributed by atoms with van der Waals surface area (Å²) in [6.45, 7) is 4.47. The number of unbranched alkanes of at least 4 members (excludes halogenated alkanes) is 7. The first-order valence-electron chi connectivity index (χ1n) is 10.4. The molecule has 0 amide bonds. The molecule has 0 saturated carbocycles. The molecule has 2 rings (SSSR count). The van der Waals surface area contributed by atoms with Crippen LogP contribution in [-0.4, -0.2) is 9.97 Å². The van der Waals surface area contributed by atoms with Crippen LogP contribution in [0.2, 0.25) is 0 Å². The van der Waals surface area contributed by atoms with Crippen molar-refractivity contribution in [3.05, 3.63) is 41.7 Å². The molecule has 0 aliphatic rings. The molecule has 2 aromatic rings.